The summed E-state index contributed by atoms with van der Waals surface area (Å²) in [6.07, 6.45) is -0.622. The van der Waals surface area contributed by atoms with Gasteiger partial charge >= 0.3 is 10.1 Å². The van der Waals surface area contributed by atoms with Crippen molar-refractivity contribution in [2.75, 3.05) is 6.61 Å². The average Bonchev–Trinajstić information content (AvgIpc) is 2.78. The van der Waals surface area contributed by atoms with E-state index in [0.717, 1.165) is 6.92 Å². The molecule has 0 bridgehead atoms. The second kappa shape index (κ2) is 6.61. The lowest BCUT2D eigenvalue weighted by molar-refractivity contribution is -0.165. The molecule has 1 unspecified atom stereocenters. The highest BCUT2D eigenvalue weighted by Gasteiger charge is 2.44. The Morgan fingerprint density at radius 3 is 2.36 bits per heavy atom. The van der Waals surface area contributed by atoms with Gasteiger partial charge in [0.2, 0.25) is 5.82 Å². The highest BCUT2D eigenvalue weighted by atomic mass is 32.2. The number of carbonyl (C=O) groups excluding carboxylic acids is 2. The Labute approximate surface area is 139 Å². The van der Waals surface area contributed by atoms with Gasteiger partial charge in [-0.25, -0.2) is 8.78 Å². The fourth-order valence-corrected chi connectivity index (χ4v) is 3.33. The normalized spacial score (nSPS) is 18.3. The fourth-order valence-electron chi connectivity index (χ4n) is 2.22. The maximum absolute atomic E-state index is 14.0. The number of aliphatic hydroxyl groups is 1. The van der Waals surface area contributed by atoms with E-state index < -0.39 is 74.5 Å². The van der Waals surface area contributed by atoms with Crippen LogP contribution in [0.15, 0.2) is 4.90 Å². The van der Waals surface area contributed by atoms with E-state index in [2.05, 4.69) is 4.28 Å². The van der Waals surface area contributed by atoms with Crippen molar-refractivity contribution in [3.05, 3.63) is 23.0 Å². The largest absolute Gasteiger partial charge is 0.504 e. The van der Waals surface area contributed by atoms with E-state index in [9.17, 15) is 36.3 Å². The minimum absolute atomic E-state index is 0.153. The summed E-state index contributed by atoms with van der Waals surface area (Å²) in [4.78, 5) is 21.7. The van der Waals surface area contributed by atoms with Gasteiger partial charge in [-0.15, -0.1) is 9.35 Å². The van der Waals surface area contributed by atoms with Crippen LogP contribution in [0.3, 0.4) is 0 Å². The molecular formula is C13H12F3NO7S. The second-order valence-corrected chi connectivity index (χ2v) is 6.68. The molecule has 1 aliphatic rings. The molecule has 1 heterocycles. The number of phenolic OH excluding ortho intramolecular Hbond substituents is 1. The summed E-state index contributed by atoms with van der Waals surface area (Å²) < 4.78 is 69.6. The smallest absolute Gasteiger partial charge is 0.324 e. The van der Waals surface area contributed by atoms with Crippen LogP contribution in [0.25, 0.3) is 0 Å². The van der Waals surface area contributed by atoms with E-state index in [4.69, 9.17) is 5.11 Å². The predicted molar refractivity (Wildman–Crippen MR) is 72.7 cm³/mol. The SMILES string of the molecule is Cc1c(O)c(F)c(F)c(S(=O)(=O)ON2C(=O)CC(CCO)C2=O)c1F. The molecule has 1 fully saturated rings. The van der Waals surface area contributed by atoms with Crippen molar-refractivity contribution in [3.63, 3.8) is 0 Å². The van der Waals surface area contributed by atoms with Gasteiger partial charge in [-0.3, -0.25) is 9.59 Å². The number of hydrogen-bond donors (Lipinski definition) is 2. The third-order valence-electron chi connectivity index (χ3n) is 3.58. The number of aromatic hydroxyl groups is 1. The maximum atomic E-state index is 14.0. The minimum atomic E-state index is -5.45. The predicted octanol–water partition coefficient (Wildman–Crippen LogP) is 0.496. The van der Waals surface area contributed by atoms with Gasteiger partial charge in [0.25, 0.3) is 11.8 Å². The molecule has 1 saturated heterocycles. The van der Waals surface area contributed by atoms with Crippen molar-refractivity contribution in [1.82, 2.24) is 5.06 Å². The van der Waals surface area contributed by atoms with Gasteiger partial charge in [-0.1, -0.05) is 0 Å². The quantitative estimate of drug-likeness (QED) is 0.561. The number of amides is 2. The zero-order valence-electron chi connectivity index (χ0n) is 12.6. The summed E-state index contributed by atoms with van der Waals surface area (Å²) in [5, 5.41) is 17.8. The minimum Gasteiger partial charge on any atom is -0.504 e. The van der Waals surface area contributed by atoms with Crippen LogP contribution < -0.4 is 0 Å². The van der Waals surface area contributed by atoms with Crippen LogP contribution in [-0.2, 0) is 24.0 Å². The van der Waals surface area contributed by atoms with Crippen LogP contribution >= 0.6 is 0 Å². The molecule has 2 rings (SSSR count). The first kappa shape index (κ1) is 19.1. The average molecular weight is 383 g/mol. The molecule has 8 nitrogen and oxygen atoms in total. The molecule has 138 valence electrons. The molecule has 1 aliphatic heterocycles. The number of carbonyl (C=O) groups is 2. The van der Waals surface area contributed by atoms with Gasteiger partial charge in [0.1, 0.15) is 0 Å². The lowest BCUT2D eigenvalue weighted by atomic mass is 10.1. The standard InChI is InChI=1S/C13H12F3NO7S/c1-5-8(14)12(10(16)9(15)11(5)20)25(22,23)24-17-7(19)4-6(2-3-18)13(17)21/h6,18,20H,2-4H2,1H3. The molecule has 0 aromatic heterocycles. The van der Waals surface area contributed by atoms with Gasteiger partial charge in [0.15, 0.2) is 22.3 Å². The first-order valence-corrected chi connectivity index (χ1v) is 8.22. The summed E-state index contributed by atoms with van der Waals surface area (Å²) >= 11 is 0. The van der Waals surface area contributed by atoms with Crippen LogP contribution in [0.4, 0.5) is 13.2 Å². The number of aliphatic hydroxyl groups excluding tert-OH is 1. The molecule has 0 spiro atoms. The zero-order chi connectivity index (χ0) is 19.1. The monoisotopic (exact) mass is 383 g/mol. The number of phenols is 1. The van der Waals surface area contributed by atoms with E-state index in [1.807, 2.05) is 0 Å². The fraction of sp³-hybridized carbons (Fsp3) is 0.385. The van der Waals surface area contributed by atoms with Gasteiger partial charge in [0, 0.05) is 18.6 Å². The van der Waals surface area contributed by atoms with Crippen LogP contribution in [0.1, 0.15) is 18.4 Å². The molecule has 1 aromatic rings. The third-order valence-corrected chi connectivity index (χ3v) is 4.78. The highest BCUT2D eigenvalue weighted by molar-refractivity contribution is 7.86. The van der Waals surface area contributed by atoms with Crippen LogP contribution in [0.2, 0.25) is 0 Å². The summed E-state index contributed by atoms with van der Waals surface area (Å²) in [5.74, 6) is -10.8. The Hall–Kier alpha value is -2.18. The van der Waals surface area contributed by atoms with Gasteiger partial charge < -0.3 is 10.2 Å². The van der Waals surface area contributed by atoms with Crippen LogP contribution in [0, 0.1) is 30.3 Å². The van der Waals surface area contributed by atoms with Gasteiger partial charge in [-0.2, -0.15) is 12.8 Å². The summed E-state index contributed by atoms with van der Waals surface area (Å²) in [6, 6.07) is 0. The van der Waals surface area contributed by atoms with Crippen molar-refractivity contribution in [2.45, 2.75) is 24.7 Å². The number of hydrogen-bond acceptors (Lipinski definition) is 7. The van der Waals surface area contributed by atoms with Crippen molar-refractivity contribution in [1.29, 1.82) is 0 Å². The third kappa shape index (κ3) is 3.19. The van der Waals surface area contributed by atoms with E-state index in [0.29, 0.717) is 0 Å². The number of halogens is 3. The molecule has 1 aromatic carbocycles. The molecule has 0 radical (unpaired) electrons. The first-order valence-electron chi connectivity index (χ1n) is 6.81. The summed E-state index contributed by atoms with van der Waals surface area (Å²) in [5.41, 5.74) is -0.904. The molecule has 25 heavy (non-hydrogen) atoms. The number of imide groups is 1. The number of nitrogens with zero attached hydrogens (tertiary/aromatic N) is 1. The lowest BCUT2D eigenvalue weighted by Gasteiger charge is -2.16. The van der Waals surface area contributed by atoms with Crippen LogP contribution in [-0.4, -0.2) is 42.1 Å². The molecular weight excluding hydrogens is 371 g/mol. The van der Waals surface area contributed by atoms with Gasteiger partial charge in [0.05, 0.1) is 5.92 Å². The molecule has 2 N–H and O–H groups in total. The molecule has 0 saturated carbocycles. The number of rotatable bonds is 5. The topological polar surface area (TPSA) is 121 Å². The van der Waals surface area contributed by atoms with Crippen molar-refractivity contribution in [3.8, 4) is 5.75 Å². The lowest BCUT2D eigenvalue weighted by Crippen LogP contribution is -2.34. The second-order valence-electron chi connectivity index (χ2n) is 5.21. The van der Waals surface area contributed by atoms with E-state index >= 15 is 0 Å². The van der Waals surface area contributed by atoms with Crippen molar-refractivity contribution >= 4 is 21.9 Å². The van der Waals surface area contributed by atoms with E-state index in [1.54, 1.807) is 0 Å². The first-order chi connectivity index (χ1) is 11.5. The van der Waals surface area contributed by atoms with Crippen molar-refractivity contribution in [2.24, 2.45) is 5.92 Å². The van der Waals surface area contributed by atoms with E-state index in [1.165, 1.54) is 0 Å². The molecule has 1 atom stereocenters. The Morgan fingerprint density at radius 2 is 1.80 bits per heavy atom. The maximum Gasteiger partial charge on any atom is 0.324 e. The summed E-state index contributed by atoms with van der Waals surface area (Å²) in [7, 11) is -5.45. The Morgan fingerprint density at radius 1 is 1.20 bits per heavy atom. The molecule has 2 amide bonds. The zero-order valence-corrected chi connectivity index (χ0v) is 13.4. The highest BCUT2D eigenvalue weighted by Crippen LogP contribution is 2.34. The molecule has 0 aliphatic carbocycles. The van der Waals surface area contributed by atoms with Crippen molar-refractivity contribution < 1.29 is 45.7 Å². The van der Waals surface area contributed by atoms with Crippen LogP contribution in [0.5, 0.6) is 5.75 Å². The Balaban J connectivity index is 2.45. The van der Waals surface area contributed by atoms with Gasteiger partial charge in [-0.05, 0) is 13.3 Å². The molecule has 12 heteroatoms. The van der Waals surface area contributed by atoms with E-state index in [-0.39, 0.29) is 11.5 Å². The summed E-state index contributed by atoms with van der Waals surface area (Å²) in [6.45, 7) is 0.325. The Kier molecular flexibility index (Phi) is 5.06. The number of hydroxylamine groups is 2. The Bertz CT molecular complexity index is 827. The number of benzene rings is 1.